The number of para-hydroxylation sites is 1. The summed E-state index contributed by atoms with van der Waals surface area (Å²) in [6, 6.07) is 45.6. The normalized spacial score (nSPS) is 11.7. The molecule has 2 nitrogen and oxygen atoms in total. The van der Waals surface area contributed by atoms with E-state index in [-0.39, 0.29) is 0 Å². The number of hydrogen-bond acceptors (Lipinski definition) is 2. The maximum absolute atomic E-state index is 6.51. The minimum atomic E-state index is 0.893. The highest BCUT2D eigenvalue weighted by Crippen LogP contribution is 2.41. The van der Waals surface area contributed by atoms with E-state index < -0.39 is 0 Å². The quantitative estimate of drug-likeness (QED) is 0.261. The fourth-order valence-corrected chi connectivity index (χ4v) is 5.91. The Bertz CT molecular complexity index is 2220. The molecule has 0 bridgehead atoms. The van der Waals surface area contributed by atoms with Crippen molar-refractivity contribution in [2.45, 2.75) is 6.92 Å². The molecule has 0 saturated heterocycles. The molecule has 2 heteroatoms. The van der Waals surface area contributed by atoms with Crippen LogP contribution in [0.4, 0.5) is 11.4 Å². The summed E-state index contributed by atoms with van der Waals surface area (Å²) in [6.45, 7) is 2.11. The zero-order chi connectivity index (χ0) is 25.9. The van der Waals surface area contributed by atoms with Gasteiger partial charge in [-0.15, -0.1) is 0 Å². The van der Waals surface area contributed by atoms with Gasteiger partial charge < -0.3 is 9.73 Å². The molecule has 0 radical (unpaired) electrons. The lowest BCUT2D eigenvalue weighted by molar-refractivity contribution is 0.667. The summed E-state index contributed by atoms with van der Waals surface area (Å²) in [5, 5.41) is 13.3. The maximum Gasteiger partial charge on any atom is 0.159 e. The number of fused-ring (bicyclic) bond motifs is 7. The number of rotatable bonds is 3. The standard InChI is InChI=1S/C37H25NO/c1-23-7-6-12-33-35-32-11-5-4-10-30(32)22-34(37(35)39-36(23)33)38-31-18-17-28-20-27(15-16-29(28)21-31)26-14-13-24-8-2-3-9-25(24)19-26/h2-22,38H,1H3. The van der Waals surface area contributed by atoms with Crippen LogP contribution in [0.1, 0.15) is 5.56 Å². The summed E-state index contributed by atoms with van der Waals surface area (Å²) in [4.78, 5) is 0. The Balaban J connectivity index is 1.22. The Morgan fingerprint density at radius 3 is 1.97 bits per heavy atom. The van der Waals surface area contributed by atoms with Crippen LogP contribution in [-0.4, -0.2) is 0 Å². The summed E-state index contributed by atoms with van der Waals surface area (Å²) in [6.07, 6.45) is 0. The molecule has 7 aromatic carbocycles. The third kappa shape index (κ3) is 3.57. The third-order valence-corrected chi connectivity index (χ3v) is 7.89. The summed E-state index contributed by atoms with van der Waals surface area (Å²) in [5.74, 6) is 0. The molecule has 0 unspecified atom stereocenters. The minimum Gasteiger partial charge on any atom is -0.454 e. The predicted molar refractivity (Wildman–Crippen MR) is 166 cm³/mol. The smallest absolute Gasteiger partial charge is 0.159 e. The van der Waals surface area contributed by atoms with Gasteiger partial charge >= 0.3 is 0 Å². The van der Waals surface area contributed by atoms with Crippen molar-refractivity contribution >= 4 is 65.6 Å². The number of benzene rings is 7. The zero-order valence-electron chi connectivity index (χ0n) is 21.5. The molecule has 0 amide bonds. The second-order valence-corrected chi connectivity index (χ2v) is 10.4. The van der Waals surface area contributed by atoms with Crippen LogP contribution < -0.4 is 5.32 Å². The lowest BCUT2D eigenvalue weighted by atomic mass is 9.98. The first-order chi connectivity index (χ1) is 19.2. The molecule has 0 aliphatic rings. The summed E-state index contributed by atoms with van der Waals surface area (Å²) in [5.41, 5.74) is 7.46. The minimum absolute atomic E-state index is 0.893. The van der Waals surface area contributed by atoms with Gasteiger partial charge in [-0.25, -0.2) is 0 Å². The van der Waals surface area contributed by atoms with Crippen molar-refractivity contribution in [3.05, 3.63) is 133 Å². The van der Waals surface area contributed by atoms with E-state index in [1.807, 2.05) is 0 Å². The first-order valence-electron chi connectivity index (χ1n) is 13.3. The lowest BCUT2D eigenvalue weighted by Crippen LogP contribution is -1.92. The monoisotopic (exact) mass is 499 g/mol. The number of hydrogen-bond donors (Lipinski definition) is 1. The van der Waals surface area contributed by atoms with E-state index in [1.165, 1.54) is 43.4 Å². The SMILES string of the molecule is Cc1cccc2c1oc1c(Nc3ccc4cc(-c5ccc6ccccc6c5)ccc4c3)cc3ccccc3c12. The molecule has 184 valence electrons. The van der Waals surface area contributed by atoms with Gasteiger partial charge in [0.15, 0.2) is 5.58 Å². The van der Waals surface area contributed by atoms with Crippen LogP contribution in [0, 0.1) is 6.92 Å². The van der Waals surface area contributed by atoms with Crippen molar-refractivity contribution in [1.29, 1.82) is 0 Å². The molecule has 0 fully saturated rings. The predicted octanol–water partition coefficient (Wildman–Crippen LogP) is 10.8. The molecule has 0 aliphatic heterocycles. The molecular weight excluding hydrogens is 474 g/mol. The highest BCUT2D eigenvalue weighted by atomic mass is 16.3. The molecule has 8 rings (SSSR count). The van der Waals surface area contributed by atoms with Gasteiger partial charge in [0.25, 0.3) is 0 Å². The Morgan fingerprint density at radius 1 is 0.487 bits per heavy atom. The second kappa shape index (κ2) is 8.47. The lowest BCUT2D eigenvalue weighted by Gasteiger charge is -2.11. The molecule has 1 aromatic heterocycles. The van der Waals surface area contributed by atoms with E-state index in [1.54, 1.807) is 0 Å². The number of furan rings is 1. The molecule has 8 aromatic rings. The van der Waals surface area contributed by atoms with E-state index in [0.29, 0.717) is 0 Å². The van der Waals surface area contributed by atoms with Crippen LogP contribution >= 0.6 is 0 Å². The average Bonchev–Trinajstić information content (AvgIpc) is 3.38. The van der Waals surface area contributed by atoms with Crippen LogP contribution in [-0.2, 0) is 0 Å². The fraction of sp³-hybridized carbons (Fsp3) is 0.0270. The van der Waals surface area contributed by atoms with Crippen LogP contribution in [0.15, 0.2) is 132 Å². The Labute approximate surface area is 226 Å². The maximum atomic E-state index is 6.51. The molecule has 39 heavy (non-hydrogen) atoms. The number of aryl methyl sites for hydroxylation is 1. The van der Waals surface area contributed by atoms with Gasteiger partial charge in [-0.1, -0.05) is 97.1 Å². The van der Waals surface area contributed by atoms with E-state index in [0.717, 1.165) is 38.9 Å². The van der Waals surface area contributed by atoms with E-state index in [4.69, 9.17) is 4.42 Å². The molecule has 0 spiro atoms. The van der Waals surface area contributed by atoms with Gasteiger partial charge in [0, 0.05) is 16.5 Å². The molecule has 1 heterocycles. The molecular formula is C37H25NO. The summed E-state index contributed by atoms with van der Waals surface area (Å²) >= 11 is 0. The fourth-order valence-electron chi connectivity index (χ4n) is 5.91. The van der Waals surface area contributed by atoms with Crippen molar-refractivity contribution in [2.75, 3.05) is 5.32 Å². The molecule has 0 atom stereocenters. The molecule has 0 aliphatic carbocycles. The van der Waals surface area contributed by atoms with Crippen molar-refractivity contribution in [3.8, 4) is 11.1 Å². The number of nitrogens with one attached hydrogen (secondary N) is 1. The summed E-state index contributed by atoms with van der Waals surface area (Å²) in [7, 11) is 0. The third-order valence-electron chi connectivity index (χ3n) is 7.89. The molecule has 1 N–H and O–H groups in total. The van der Waals surface area contributed by atoms with Crippen molar-refractivity contribution in [2.24, 2.45) is 0 Å². The highest BCUT2D eigenvalue weighted by Gasteiger charge is 2.16. The van der Waals surface area contributed by atoms with E-state index in [2.05, 4.69) is 140 Å². The van der Waals surface area contributed by atoms with Crippen LogP contribution in [0.2, 0.25) is 0 Å². The number of anilines is 2. The van der Waals surface area contributed by atoms with E-state index in [9.17, 15) is 0 Å². The Hall–Kier alpha value is -5.08. The van der Waals surface area contributed by atoms with Gasteiger partial charge in [-0.2, -0.15) is 0 Å². The summed E-state index contributed by atoms with van der Waals surface area (Å²) < 4.78 is 6.51. The van der Waals surface area contributed by atoms with Crippen LogP contribution in [0.25, 0.3) is 65.4 Å². The Morgan fingerprint density at radius 2 is 1.13 bits per heavy atom. The first kappa shape index (κ1) is 22.0. The first-order valence-corrected chi connectivity index (χ1v) is 13.3. The largest absolute Gasteiger partial charge is 0.454 e. The topological polar surface area (TPSA) is 25.2 Å². The van der Waals surface area contributed by atoms with Gasteiger partial charge in [-0.05, 0) is 86.3 Å². The average molecular weight is 500 g/mol. The van der Waals surface area contributed by atoms with Gasteiger partial charge in [0.05, 0.1) is 5.69 Å². The van der Waals surface area contributed by atoms with Crippen LogP contribution in [0.5, 0.6) is 0 Å². The highest BCUT2D eigenvalue weighted by molar-refractivity contribution is 6.22. The van der Waals surface area contributed by atoms with Crippen molar-refractivity contribution in [3.63, 3.8) is 0 Å². The van der Waals surface area contributed by atoms with Crippen molar-refractivity contribution < 1.29 is 4.42 Å². The van der Waals surface area contributed by atoms with Gasteiger partial charge in [0.2, 0.25) is 0 Å². The molecule has 0 saturated carbocycles. The second-order valence-electron chi connectivity index (χ2n) is 10.4. The van der Waals surface area contributed by atoms with Crippen LogP contribution in [0.3, 0.4) is 0 Å². The Kier molecular flexibility index (Phi) is 4.77. The van der Waals surface area contributed by atoms with Gasteiger partial charge in [-0.3, -0.25) is 0 Å². The van der Waals surface area contributed by atoms with Gasteiger partial charge in [0.1, 0.15) is 5.58 Å². The van der Waals surface area contributed by atoms with Crippen molar-refractivity contribution in [1.82, 2.24) is 0 Å². The van der Waals surface area contributed by atoms with E-state index >= 15 is 0 Å². The zero-order valence-corrected chi connectivity index (χ0v) is 21.5.